The quantitative estimate of drug-likeness (QED) is 0.747. The van der Waals surface area contributed by atoms with Crippen LogP contribution in [0.25, 0.3) is 0 Å². The van der Waals surface area contributed by atoms with Crippen LogP contribution in [-0.4, -0.2) is 5.78 Å². The van der Waals surface area contributed by atoms with Gasteiger partial charge in [0.15, 0.2) is 5.78 Å². The topological polar surface area (TPSA) is 17.1 Å². The Morgan fingerprint density at radius 1 is 1.19 bits per heavy atom. The number of carbonyl (C=O) groups excluding carboxylic acids is 1. The van der Waals surface area contributed by atoms with E-state index in [0.717, 1.165) is 31.3 Å². The summed E-state index contributed by atoms with van der Waals surface area (Å²) in [4.78, 5) is 12.0. The van der Waals surface area contributed by atoms with Crippen molar-refractivity contribution in [3.63, 3.8) is 0 Å². The Labute approximate surface area is 97.2 Å². The summed E-state index contributed by atoms with van der Waals surface area (Å²) in [5.41, 5.74) is 3.68. The van der Waals surface area contributed by atoms with Gasteiger partial charge in [0.1, 0.15) is 0 Å². The summed E-state index contributed by atoms with van der Waals surface area (Å²) >= 11 is 0. The van der Waals surface area contributed by atoms with Crippen LogP contribution in [0.2, 0.25) is 0 Å². The van der Waals surface area contributed by atoms with E-state index < -0.39 is 0 Å². The van der Waals surface area contributed by atoms with Gasteiger partial charge in [-0.05, 0) is 43.7 Å². The molecule has 2 rings (SSSR count). The zero-order valence-electron chi connectivity index (χ0n) is 9.83. The first-order valence-corrected chi connectivity index (χ1v) is 6.03. The van der Waals surface area contributed by atoms with E-state index in [9.17, 15) is 4.79 Å². The fourth-order valence-electron chi connectivity index (χ4n) is 2.33. The zero-order valence-corrected chi connectivity index (χ0v) is 9.83. The van der Waals surface area contributed by atoms with Crippen LogP contribution in [0.15, 0.2) is 41.5 Å². The van der Waals surface area contributed by atoms with Crippen LogP contribution < -0.4 is 0 Å². The van der Waals surface area contributed by atoms with E-state index in [-0.39, 0.29) is 0 Å². The predicted octanol–water partition coefficient (Wildman–Crippen LogP) is 3.69. The molecule has 0 amide bonds. The molecule has 0 atom stereocenters. The standard InChI is InChI=1S/C15H18O/c1-12-6-5-9-14(12)15(16)11-10-13-7-3-2-4-8-13/h2-4,7-8H,5-6,9-11H2,1H3. The summed E-state index contributed by atoms with van der Waals surface area (Å²) in [5.74, 6) is 0.360. The number of aryl methyl sites for hydroxylation is 1. The molecule has 0 heterocycles. The van der Waals surface area contributed by atoms with Crippen molar-refractivity contribution < 1.29 is 4.79 Å². The van der Waals surface area contributed by atoms with Crippen LogP contribution in [0.5, 0.6) is 0 Å². The van der Waals surface area contributed by atoms with Gasteiger partial charge in [0.25, 0.3) is 0 Å². The molecule has 1 heteroatoms. The van der Waals surface area contributed by atoms with E-state index >= 15 is 0 Å². The molecule has 1 aromatic rings. The highest BCUT2D eigenvalue weighted by molar-refractivity contribution is 5.96. The number of Topliss-reactive ketones (excluding diaryl/α,β-unsaturated/α-hetero) is 1. The van der Waals surface area contributed by atoms with E-state index in [0.29, 0.717) is 12.2 Å². The first-order chi connectivity index (χ1) is 7.77. The number of ketones is 1. The molecule has 0 bridgehead atoms. The molecular weight excluding hydrogens is 196 g/mol. The minimum atomic E-state index is 0.360. The highest BCUT2D eigenvalue weighted by Gasteiger charge is 2.17. The molecule has 84 valence electrons. The third kappa shape index (κ3) is 2.60. The summed E-state index contributed by atoms with van der Waals surface area (Å²) in [7, 11) is 0. The number of rotatable bonds is 4. The van der Waals surface area contributed by atoms with Gasteiger partial charge in [-0.3, -0.25) is 4.79 Å². The molecule has 0 saturated heterocycles. The number of hydrogen-bond donors (Lipinski definition) is 0. The van der Waals surface area contributed by atoms with Gasteiger partial charge >= 0.3 is 0 Å². The van der Waals surface area contributed by atoms with E-state index in [4.69, 9.17) is 0 Å². The van der Waals surface area contributed by atoms with Gasteiger partial charge in [-0.2, -0.15) is 0 Å². The lowest BCUT2D eigenvalue weighted by atomic mass is 10.0. The van der Waals surface area contributed by atoms with Crippen molar-refractivity contribution in [1.82, 2.24) is 0 Å². The second-order valence-corrected chi connectivity index (χ2v) is 4.52. The van der Waals surface area contributed by atoms with Crippen molar-refractivity contribution in [3.05, 3.63) is 47.0 Å². The van der Waals surface area contributed by atoms with E-state index in [1.807, 2.05) is 18.2 Å². The summed E-state index contributed by atoms with van der Waals surface area (Å²) in [6, 6.07) is 10.2. The lowest BCUT2D eigenvalue weighted by Crippen LogP contribution is -2.03. The summed E-state index contributed by atoms with van der Waals surface area (Å²) in [6.45, 7) is 2.10. The molecule has 0 unspecified atom stereocenters. The normalized spacial score (nSPS) is 15.6. The molecule has 0 fully saturated rings. The molecule has 1 aromatic carbocycles. The fourth-order valence-corrected chi connectivity index (χ4v) is 2.33. The van der Waals surface area contributed by atoms with Gasteiger partial charge in [0.2, 0.25) is 0 Å². The number of allylic oxidation sites excluding steroid dienone is 2. The Bertz CT molecular complexity index is 401. The van der Waals surface area contributed by atoms with Gasteiger partial charge in [-0.25, -0.2) is 0 Å². The molecule has 0 radical (unpaired) electrons. The molecule has 1 aliphatic rings. The summed E-state index contributed by atoms with van der Waals surface area (Å²) in [6.07, 6.45) is 4.82. The van der Waals surface area contributed by atoms with E-state index in [1.165, 1.54) is 11.1 Å². The van der Waals surface area contributed by atoms with Gasteiger partial charge in [-0.15, -0.1) is 0 Å². The second kappa shape index (κ2) is 5.11. The average Bonchev–Trinajstić information content (AvgIpc) is 2.74. The van der Waals surface area contributed by atoms with Crippen molar-refractivity contribution >= 4 is 5.78 Å². The maximum atomic E-state index is 12.0. The molecule has 0 aromatic heterocycles. The van der Waals surface area contributed by atoms with Gasteiger partial charge in [0.05, 0.1) is 0 Å². The van der Waals surface area contributed by atoms with Crippen LogP contribution in [0.1, 0.15) is 38.2 Å². The van der Waals surface area contributed by atoms with Crippen LogP contribution in [-0.2, 0) is 11.2 Å². The van der Waals surface area contributed by atoms with E-state index in [1.54, 1.807) is 0 Å². The average molecular weight is 214 g/mol. The van der Waals surface area contributed by atoms with Crippen LogP contribution >= 0.6 is 0 Å². The zero-order chi connectivity index (χ0) is 11.4. The first kappa shape index (κ1) is 11.1. The van der Waals surface area contributed by atoms with Crippen molar-refractivity contribution in [2.45, 2.75) is 39.0 Å². The van der Waals surface area contributed by atoms with E-state index in [2.05, 4.69) is 19.1 Å². The largest absolute Gasteiger partial charge is 0.295 e. The molecule has 0 N–H and O–H groups in total. The molecule has 1 nitrogen and oxygen atoms in total. The smallest absolute Gasteiger partial charge is 0.159 e. The lowest BCUT2D eigenvalue weighted by Gasteiger charge is -2.03. The molecule has 0 saturated carbocycles. The van der Waals surface area contributed by atoms with Crippen LogP contribution in [0.3, 0.4) is 0 Å². The molecular formula is C15H18O. The molecule has 16 heavy (non-hydrogen) atoms. The highest BCUT2D eigenvalue weighted by Crippen LogP contribution is 2.27. The van der Waals surface area contributed by atoms with Crippen molar-refractivity contribution in [1.29, 1.82) is 0 Å². The third-order valence-corrected chi connectivity index (χ3v) is 3.31. The van der Waals surface area contributed by atoms with Crippen LogP contribution in [0.4, 0.5) is 0 Å². The van der Waals surface area contributed by atoms with Gasteiger partial charge in [-0.1, -0.05) is 35.9 Å². The third-order valence-electron chi connectivity index (χ3n) is 3.31. The number of benzene rings is 1. The summed E-state index contributed by atoms with van der Waals surface area (Å²) in [5, 5.41) is 0. The Hall–Kier alpha value is -1.37. The minimum Gasteiger partial charge on any atom is -0.295 e. The van der Waals surface area contributed by atoms with Crippen LogP contribution in [0, 0.1) is 0 Å². The van der Waals surface area contributed by atoms with Crippen molar-refractivity contribution in [3.8, 4) is 0 Å². The lowest BCUT2D eigenvalue weighted by molar-refractivity contribution is -0.115. The highest BCUT2D eigenvalue weighted by atomic mass is 16.1. The molecule has 0 spiro atoms. The number of carbonyl (C=O) groups is 1. The Balaban J connectivity index is 1.92. The van der Waals surface area contributed by atoms with Gasteiger partial charge < -0.3 is 0 Å². The van der Waals surface area contributed by atoms with Gasteiger partial charge in [0, 0.05) is 6.42 Å². The Kier molecular flexibility index (Phi) is 3.55. The van der Waals surface area contributed by atoms with Crippen molar-refractivity contribution in [2.75, 3.05) is 0 Å². The molecule has 1 aliphatic carbocycles. The number of hydrogen-bond acceptors (Lipinski definition) is 1. The predicted molar refractivity (Wildman–Crippen MR) is 66.3 cm³/mol. The Morgan fingerprint density at radius 3 is 2.56 bits per heavy atom. The maximum absolute atomic E-state index is 12.0. The summed E-state index contributed by atoms with van der Waals surface area (Å²) < 4.78 is 0. The Morgan fingerprint density at radius 2 is 1.94 bits per heavy atom. The second-order valence-electron chi connectivity index (χ2n) is 4.52. The fraction of sp³-hybridized carbons (Fsp3) is 0.400. The van der Waals surface area contributed by atoms with Crippen molar-refractivity contribution in [2.24, 2.45) is 0 Å². The first-order valence-electron chi connectivity index (χ1n) is 6.03. The minimum absolute atomic E-state index is 0.360. The molecule has 0 aliphatic heterocycles. The maximum Gasteiger partial charge on any atom is 0.159 e. The SMILES string of the molecule is CC1=C(C(=O)CCc2ccccc2)CCC1. The monoisotopic (exact) mass is 214 g/mol.